The molecule has 0 saturated heterocycles. The van der Waals surface area contributed by atoms with Gasteiger partial charge < -0.3 is 10.2 Å². The van der Waals surface area contributed by atoms with E-state index in [1.807, 2.05) is 0 Å². The molecule has 0 spiro atoms. The summed E-state index contributed by atoms with van der Waals surface area (Å²) in [7, 11) is -3.83. The van der Waals surface area contributed by atoms with Crippen LogP contribution in [0, 0.1) is 6.92 Å². The maximum atomic E-state index is 12.4. The quantitative estimate of drug-likeness (QED) is 0.715. The number of rotatable bonds is 3. The maximum absolute atomic E-state index is 12.4. The monoisotopic (exact) mass is 304 g/mol. The second-order valence-corrected chi connectivity index (χ2v) is 6.12. The Morgan fingerprint density at radius 3 is 2.71 bits per heavy atom. The number of benzene rings is 2. The summed E-state index contributed by atoms with van der Waals surface area (Å²) in [5.41, 5.74) is 6.28. The number of nitrogen functional groups attached to an aromatic ring is 1. The number of hydrogen-bond donors (Lipinski definition) is 2. The van der Waals surface area contributed by atoms with E-state index in [2.05, 4.69) is 14.9 Å². The van der Waals surface area contributed by atoms with Crippen LogP contribution in [-0.2, 0) is 10.0 Å². The molecule has 0 amide bonds. The second kappa shape index (κ2) is 4.74. The van der Waals surface area contributed by atoms with Gasteiger partial charge in [-0.05, 0) is 23.6 Å². The molecule has 7 nitrogen and oxygen atoms in total. The van der Waals surface area contributed by atoms with Crippen molar-refractivity contribution in [2.24, 2.45) is 0 Å². The third-order valence-corrected chi connectivity index (χ3v) is 4.28. The molecule has 0 unspecified atom stereocenters. The van der Waals surface area contributed by atoms with E-state index in [1.165, 1.54) is 6.07 Å². The second-order valence-electron chi connectivity index (χ2n) is 4.47. The van der Waals surface area contributed by atoms with Crippen LogP contribution >= 0.6 is 0 Å². The van der Waals surface area contributed by atoms with Gasteiger partial charge in [0.1, 0.15) is 0 Å². The zero-order valence-electron chi connectivity index (χ0n) is 11.1. The lowest BCUT2D eigenvalue weighted by molar-refractivity contribution is 0.534. The van der Waals surface area contributed by atoms with Gasteiger partial charge in [-0.2, -0.15) is 0 Å². The molecule has 0 bridgehead atoms. The lowest BCUT2D eigenvalue weighted by Crippen LogP contribution is -2.13. The minimum Gasteiger partial charge on any atom is -0.408 e. The van der Waals surface area contributed by atoms with Crippen LogP contribution in [0.2, 0.25) is 0 Å². The Morgan fingerprint density at radius 1 is 1.19 bits per heavy atom. The molecule has 8 heteroatoms. The van der Waals surface area contributed by atoms with Crippen LogP contribution in [0.15, 0.2) is 45.7 Å². The van der Waals surface area contributed by atoms with E-state index in [0.29, 0.717) is 11.1 Å². The van der Waals surface area contributed by atoms with Crippen molar-refractivity contribution < 1.29 is 12.8 Å². The van der Waals surface area contributed by atoms with E-state index >= 15 is 0 Å². The maximum Gasteiger partial charge on any atom is 0.329 e. The van der Waals surface area contributed by atoms with Gasteiger partial charge in [0.2, 0.25) is 5.89 Å². The van der Waals surface area contributed by atoms with Crippen molar-refractivity contribution in [3.63, 3.8) is 0 Å². The predicted molar refractivity (Wildman–Crippen MR) is 78.2 cm³/mol. The molecule has 0 radical (unpaired) electrons. The highest BCUT2D eigenvalue weighted by Gasteiger charge is 2.20. The molecule has 108 valence electrons. The number of nitrogens with one attached hydrogen (secondary N) is 1. The summed E-state index contributed by atoms with van der Waals surface area (Å²) in [4.78, 5) is 0.121. The van der Waals surface area contributed by atoms with E-state index in [0.717, 1.165) is 5.39 Å². The summed E-state index contributed by atoms with van der Waals surface area (Å²) >= 11 is 0. The topological polar surface area (TPSA) is 111 Å². The van der Waals surface area contributed by atoms with Crippen LogP contribution in [0.4, 0.5) is 11.7 Å². The van der Waals surface area contributed by atoms with E-state index in [4.69, 9.17) is 10.2 Å². The van der Waals surface area contributed by atoms with Gasteiger partial charge in [-0.25, -0.2) is 13.1 Å². The Hall–Kier alpha value is -2.61. The van der Waals surface area contributed by atoms with Crippen molar-refractivity contribution >= 4 is 32.5 Å². The minimum absolute atomic E-state index is 0.121. The number of sulfonamides is 1. The standard InChI is InChI=1S/C13H12N4O3S/c1-8-15-16-13(20-8)17-21(18,19)12-4-2-3-9-7-10(14)5-6-11(9)12/h2-7H,14H2,1H3,(H,16,17). The molecular formula is C13H12N4O3S. The molecule has 3 aromatic rings. The molecule has 0 aliphatic carbocycles. The van der Waals surface area contributed by atoms with Gasteiger partial charge in [-0.1, -0.05) is 23.3 Å². The molecule has 1 heterocycles. The summed E-state index contributed by atoms with van der Waals surface area (Å²) in [6.45, 7) is 1.57. The average molecular weight is 304 g/mol. The average Bonchev–Trinajstić information content (AvgIpc) is 2.82. The normalized spacial score (nSPS) is 11.7. The molecule has 21 heavy (non-hydrogen) atoms. The van der Waals surface area contributed by atoms with Gasteiger partial charge in [0.05, 0.1) is 4.90 Å². The zero-order valence-corrected chi connectivity index (χ0v) is 11.9. The van der Waals surface area contributed by atoms with Crippen LogP contribution < -0.4 is 10.5 Å². The highest BCUT2D eigenvalue weighted by atomic mass is 32.2. The fraction of sp³-hybridized carbons (Fsp3) is 0.0769. The molecule has 1 aromatic heterocycles. The minimum atomic E-state index is -3.83. The number of aryl methyl sites for hydroxylation is 1. The van der Waals surface area contributed by atoms with Crippen molar-refractivity contribution in [2.45, 2.75) is 11.8 Å². The Bertz CT molecular complexity index is 918. The zero-order chi connectivity index (χ0) is 15.0. The summed E-state index contributed by atoms with van der Waals surface area (Å²) in [5.74, 6) is 0.276. The van der Waals surface area contributed by atoms with Crippen molar-refractivity contribution in [2.75, 3.05) is 10.5 Å². The number of anilines is 2. The first kappa shape index (κ1) is 13.4. The summed E-state index contributed by atoms with van der Waals surface area (Å²) in [6, 6.07) is 9.81. The van der Waals surface area contributed by atoms with Crippen molar-refractivity contribution in [3.8, 4) is 0 Å². The van der Waals surface area contributed by atoms with E-state index in [-0.39, 0.29) is 16.8 Å². The Balaban J connectivity index is 2.10. The summed E-state index contributed by atoms with van der Waals surface area (Å²) in [5, 5.41) is 8.50. The molecule has 0 aliphatic rings. The van der Waals surface area contributed by atoms with Crippen LogP contribution in [0.1, 0.15) is 5.89 Å². The van der Waals surface area contributed by atoms with E-state index < -0.39 is 10.0 Å². The Morgan fingerprint density at radius 2 is 2.00 bits per heavy atom. The molecule has 3 rings (SSSR count). The van der Waals surface area contributed by atoms with Gasteiger partial charge in [0, 0.05) is 18.0 Å². The van der Waals surface area contributed by atoms with Gasteiger partial charge in [-0.3, -0.25) is 0 Å². The van der Waals surface area contributed by atoms with Gasteiger partial charge >= 0.3 is 6.01 Å². The lowest BCUT2D eigenvalue weighted by atomic mass is 10.1. The highest BCUT2D eigenvalue weighted by molar-refractivity contribution is 7.93. The molecule has 0 fully saturated rings. The van der Waals surface area contributed by atoms with Crippen LogP contribution in [0.25, 0.3) is 10.8 Å². The SMILES string of the molecule is Cc1nnc(NS(=O)(=O)c2cccc3cc(N)ccc23)o1. The fourth-order valence-electron chi connectivity index (χ4n) is 2.01. The van der Waals surface area contributed by atoms with Crippen LogP contribution in [-0.4, -0.2) is 18.6 Å². The highest BCUT2D eigenvalue weighted by Crippen LogP contribution is 2.26. The fourth-order valence-corrected chi connectivity index (χ4v) is 3.17. The Kier molecular flexibility index (Phi) is 3.02. The molecule has 2 aromatic carbocycles. The molecule has 3 N–H and O–H groups in total. The molecule has 0 aliphatic heterocycles. The van der Waals surface area contributed by atoms with Gasteiger partial charge in [0.15, 0.2) is 0 Å². The number of aromatic nitrogens is 2. The molecule has 0 saturated carbocycles. The molecular weight excluding hydrogens is 292 g/mol. The van der Waals surface area contributed by atoms with Crippen molar-refractivity contribution in [1.29, 1.82) is 0 Å². The predicted octanol–water partition coefficient (Wildman–Crippen LogP) is 1.91. The summed E-state index contributed by atoms with van der Waals surface area (Å²) < 4.78 is 32.2. The number of nitrogens with zero attached hydrogens (tertiary/aromatic N) is 2. The number of nitrogens with two attached hydrogens (primary N) is 1. The lowest BCUT2D eigenvalue weighted by Gasteiger charge is -2.08. The first-order valence-electron chi connectivity index (χ1n) is 6.07. The number of hydrogen-bond acceptors (Lipinski definition) is 6. The van der Waals surface area contributed by atoms with Crippen LogP contribution in [0.5, 0.6) is 0 Å². The number of fused-ring (bicyclic) bond motifs is 1. The van der Waals surface area contributed by atoms with E-state index in [9.17, 15) is 8.42 Å². The van der Waals surface area contributed by atoms with Crippen molar-refractivity contribution in [1.82, 2.24) is 10.2 Å². The van der Waals surface area contributed by atoms with Gasteiger partial charge in [0.25, 0.3) is 10.0 Å². The Labute approximate surface area is 120 Å². The van der Waals surface area contributed by atoms with E-state index in [1.54, 1.807) is 37.3 Å². The van der Waals surface area contributed by atoms with Crippen LogP contribution in [0.3, 0.4) is 0 Å². The summed E-state index contributed by atoms with van der Waals surface area (Å²) in [6.07, 6.45) is 0. The van der Waals surface area contributed by atoms with Crippen molar-refractivity contribution in [3.05, 3.63) is 42.3 Å². The largest absolute Gasteiger partial charge is 0.408 e. The third-order valence-electron chi connectivity index (χ3n) is 2.90. The third kappa shape index (κ3) is 2.52. The first-order chi connectivity index (χ1) is 9.95. The molecule has 0 atom stereocenters. The smallest absolute Gasteiger partial charge is 0.329 e. The first-order valence-corrected chi connectivity index (χ1v) is 7.55. The van der Waals surface area contributed by atoms with Gasteiger partial charge in [-0.15, -0.1) is 5.10 Å².